The third kappa shape index (κ3) is 3.06. The van der Waals surface area contributed by atoms with Crippen LogP contribution >= 0.6 is 0 Å². The Kier molecular flexibility index (Phi) is 4.15. The number of ether oxygens (including phenoxy) is 2. The lowest BCUT2D eigenvalue weighted by atomic mass is 10.2. The Morgan fingerprint density at radius 3 is 2.94 bits per heavy atom. The zero-order valence-corrected chi connectivity index (χ0v) is 10.7. The van der Waals surface area contributed by atoms with Gasteiger partial charge in [-0.25, -0.2) is 0 Å². The SMILES string of the molecule is COC[C@@H]1C[C@H](OC)CN1Cc1cc(C)no1. The Bertz CT molecular complexity index is 353. The van der Waals surface area contributed by atoms with Crippen LogP contribution in [0.4, 0.5) is 0 Å². The summed E-state index contributed by atoms with van der Waals surface area (Å²) < 4.78 is 15.9. The van der Waals surface area contributed by atoms with Crippen molar-refractivity contribution in [2.24, 2.45) is 0 Å². The first kappa shape index (κ1) is 12.5. The maximum absolute atomic E-state index is 5.42. The number of aromatic nitrogens is 1. The van der Waals surface area contributed by atoms with Gasteiger partial charge in [0, 0.05) is 32.9 Å². The fourth-order valence-corrected chi connectivity index (χ4v) is 2.36. The van der Waals surface area contributed by atoms with Crippen LogP contribution < -0.4 is 0 Å². The maximum atomic E-state index is 5.42. The van der Waals surface area contributed by atoms with E-state index in [9.17, 15) is 0 Å². The average Bonchev–Trinajstić information content (AvgIpc) is 2.87. The largest absolute Gasteiger partial charge is 0.383 e. The normalized spacial score (nSPS) is 25.6. The number of methoxy groups -OCH3 is 2. The molecule has 0 spiro atoms. The van der Waals surface area contributed by atoms with E-state index in [1.165, 1.54) is 0 Å². The monoisotopic (exact) mass is 240 g/mol. The number of nitrogens with zero attached hydrogens (tertiary/aromatic N) is 2. The van der Waals surface area contributed by atoms with Crippen LogP contribution in [0.5, 0.6) is 0 Å². The van der Waals surface area contributed by atoms with Gasteiger partial charge in [0.25, 0.3) is 0 Å². The molecule has 1 aromatic heterocycles. The zero-order valence-electron chi connectivity index (χ0n) is 10.7. The van der Waals surface area contributed by atoms with Crippen molar-refractivity contribution in [2.75, 3.05) is 27.4 Å². The fraction of sp³-hybridized carbons (Fsp3) is 0.750. The Morgan fingerprint density at radius 1 is 1.53 bits per heavy atom. The molecular formula is C12H20N2O3. The molecule has 0 N–H and O–H groups in total. The zero-order chi connectivity index (χ0) is 12.3. The highest BCUT2D eigenvalue weighted by atomic mass is 16.5. The van der Waals surface area contributed by atoms with E-state index in [-0.39, 0.29) is 0 Å². The van der Waals surface area contributed by atoms with Crippen molar-refractivity contribution in [1.82, 2.24) is 10.1 Å². The highest BCUT2D eigenvalue weighted by Crippen LogP contribution is 2.22. The number of aryl methyl sites for hydroxylation is 1. The molecule has 1 aromatic rings. The second-order valence-corrected chi connectivity index (χ2v) is 4.57. The molecule has 0 radical (unpaired) electrons. The van der Waals surface area contributed by atoms with Gasteiger partial charge in [0.05, 0.1) is 24.9 Å². The molecule has 2 rings (SSSR count). The van der Waals surface area contributed by atoms with Gasteiger partial charge in [0.1, 0.15) is 0 Å². The second kappa shape index (κ2) is 5.62. The van der Waals surface area contributed by atoms with E-state index in [0.717, 1.165) is 37.6 Å². The number of hydrogen-bond acceptors (Lipinski definition) is 5. The molecule has 0 bridgehead atoms. The summed E-state index contributed by atoms with van der Waals surface area (Å²) in [6, 6.07) is 2.37. The molecule has 2 atom stereocenters. The fourth-order valence-electron chi connectivity index (χ4n) is 2.36. The van der Waals surface area contributed by atoms with Crippen molar-refractivity contribution >= 4 is 0 Å². The lowest BCUT2D eigenvalue weighted by Gasteiger charge is -2.21. The van der Waals surface area contributed by atoms with E-state index in [0.29, 0.717) is 12.1 Å². The van der Waals surface area contributed by atoms with Gasteiger partial charge < -0.3 is 14.0 Å². The highest BCUT2D eigenvalue weighted by molar-refractivity contribution is 5.04. The predicted molar refractivity (Wildman–Crippen MR) is 62.7 cm³/mol. The molecule has 96 valence electrons. The molecule has 1 saturated heterocycles. The molecule has 0 aromatic carbocycles. The van der Waals surface area contributed by atoms with Gasteiger partial charge in [-0.15, -0.1) is 0 Å². The minimum Gasteiger partial charge on any atom is -0.383 e. The number of likely N-dealkylation sites (tertiary alicyclic amines) is 1. The van der Waals surface area contributed by atoms with Gasteiger partial charge in [-0.05, 0) is 13.3 Å². The highest BCUT2D eigenvalue weighted by Gasteiger charge is 2.32. The molecule has 0 unspecified atom stereocenters. The quantitative estimate of drug-likeness (QED) is 0.774. The van der Waals surface area contributed by atoms with Crippen LogP contribution in [-0.2, 0) is 16.0 Å². The van der Waals surface area contributed by atoms with Gasteiger partial charge in [-0.1, -0.05) is 5.16 Å². The summed E-state index contributed by atoms with van der Waals surface area (Å²) in [6.07, 6.45) is 1.30. The lowest BCUT2D eigenvalue weighted by Crippen LogP contribution is -2.32. The first-order valence-electron chi connectivity index (χ1n) is 5.91. The van der Waals surface area contributed by atoms with Crippen molar-refractivity contribution in [3.8, 4) is 0 Å². The first-order valence-corrected chi connectivity index (χ1v) is 5.91. The molecule has 1 aliphatic rings. The third-order valence-corrected chi connectivity index (χ3v) is 3.22. The number of hydrogen-bond donors (Lipinski definition) is 0. The van der Waals surface area contributed by atoms with Crippen LogP contribution in [0, 0.1) is 6.92 Å². The Labute approximate surface area is 102 Å². The summed E-state index contributed by atoms with van der Waals surface area (Å²) in [5, 5.41) is 3.90. The molecular weight excluding hydrogens is 220 g/mol. The second-order valence-electron chi connectivity index (χ2n) is 4.57. The summed E-state index contributed by atoms with van der Waals surface area (Å²) in [5.41, 5.74) is 0.922. The van der Waals surface area contributed by atoms with Crippen LogP contribution in [0.3, 0.4) is 0 Å². The van der Waals surface area contributed by atoms with E-state index < -0.39 is 0 Å². The number of rotatable bonds is 5. The molecule has 1 aliphatic heterocycles. The molecule has 5 nitrogen and oxygen atoms in total. The summed E-state index contributed by atoms with van der Waals surface area (Å²) in [4.78, 5) is 2.33. The summed E-state index contributed by atoms with van der Waals surface area (Å²) >= 11 is 0. The molecule has 0 amide bonds. The summed E-state index contributed by atoms with van der Waals surface area (Å²) in [5.74, 6) is 0.903. The van der Waals surface area contributed by atoms with Gasteiger partial charge in [-0.3, -0.25) is 4.90 Å². The predicted octanol–water partition coefficient (Wildman–Crippen LogP) is 1.22. The minimum atomic E-state index is 0.291. The van der Waals surface area contributed by atoms with E-state index in [1.54, 1.807) is 14.2 Å². The molecule has 0 aliphatic carbocycles. The van der Waals surface area contributed by atoms with Crippen LogP contribution in [0.25, 0.3) is 0 Å². The van der Waals surface area contributed by atoms with Crippen molar-refractivity contribution in [2.45, 2.75) is 32.0 Å². The average molecular weight is 240 g/mol. The van der Waals surface area contributed by atoms with E-state index in [2.05, 4.69) is 10.1 Å². The van der Waals surface area contributed by atoms with Crippen LogP contribution in [0.15, 0.2) is 10.6 Å². The Hall–Kier alpha value is -0.910. The Morgan fingerprint density at radius 2 is 2.35 bits per heavy atom. The van der Waals surface area contributed by atoms with E-state index in [1.807, 2.05) is 13.0 Å². The first-order chi connectivity index (χ1) is 8.22. The van der Waals surface area contributed by atoms with Crippen LogP contribution in [0.1, 0.15) is 17.9 Å². The lowest BCUT2D eigenvalue weighted by molar-refractivity contribution is 0.101. The molecule has 17 heavy (non-hydrogen) atoms. The third-order valence-electron chi connectivity index (χ3n) is 3.22. The topological polar surface area (TPSA) is 47.7 Å². The molecule has 1 fully saturated rings. The van der Waals surface area contributed by atoms with Gasteiger partial charge in [-0.2, -0.15) is 0 Å². The van der Waals surface area contributed by atoms with Crippen LogP contribution in [-0.4, -0.2) is 49.6 Å². The van der Waals surface area contributed by atoms with Crippen molar-refractivity contribution in [1.29, 1.82) is 0 Å². The Balaban J connectivity index is 1.97. The van der Waals surface area contributed by atoms with Crippen molar-refractivity contribution in [3.63, 3.8) is 0 Å². The van der Waals surface area contributed by atoms with Gasteiger partial charge in [0.15, 0.2) is 5.76 Å². The maximum Gasteiger partial charge on any atom is 0.150 e. The van der Waals surface area contributed by atoms with E-state index >= 15 is 0 Å². The summed E-state index contributed by atoms with van der Waals surface area (Å²) in [6.45, 7) is 4.35. The van der Waals surface area contributed by atoms with Gasteiger partial charge >= 0.3 is 0 Å². The standard InChI is InChI=1S/C12H20N2O3/c1-9-4-12(17-13-9)7-14-6-11(16-3)5-10(14)8-15-2/h4,10-11H,5-8H2,1-3H3/t10-,11-/m0/s1. The molecule has 5 heteroatoms. The molecule has 0 saturated carbocycles. The van der Waals surface area contributed by atoms with Crippen molar-refractivity contribution in [3.05, 3.63) is 17.5 Å². The molecule has 2 heterocycles. The van der Waals surface area contributed by atoms with Crippen molar-refractivity contribution < 1.29 is 14.0 Å². The summed E-state index contributed by atoms with van der Waals surface area (Å²) in [7, 11) is 3.49. The van der Waals surface area contributed by atoms with Gasteiger partial charge in [0.2, 0.25) is 0 Å². The van der Waals surface area contributed by atoms with E-state index in [4.69, 9.17) is 14.0 Å². The smallest absolute Gasteiger partial charge is 0.150 e. The minimum absolute atomic E-state index is 0.291. The van der Waals surface area contributed by atoms with Crippen LogP contribution in [0.2, 0.25) is 0 Å².